The highest BCUT2D eigenvalue weighted by molar-refractivity contribution is 7.17. The third-order valence-electron chi connectivity index (χ3n) is 3.14. The van der Waals surface area contributed by atoms with Gasteiger partial charge in [-0.25, -0.2) is 9.78 Å². The van der Waals surface area contributed by atoms with Gasteiger partial charge in [0.05, 0.1) is 10.9 Å². The standard InChI is InChI=1S/C14H9N3O5S/c18-9(19)5-17-11(7-2-1-3-15-4-7)16-12-10(13(17)20)8(6-23-12)14(21)22/h1-4,6H,5H2,(H,18,19)(H,21,22). The number of carboxylic acids is 2. The minimum atomic E-state index is -1.26. The van der Waals surface area contributed by atoms with Crippen molar-refractivity contribution in [2.24, 2.45) is 0 Å². The highest BCUT2D eigenvalue weighted by atomic mass is 32.1. The Morgan fingerprint density at radius 3 is 2.70 bits per heavy atom. The number of hydrogen-bond donors (Lipinski definition) is 2. The molecule has 0 spiro atoms. The van der Waals surface area contributed by atoms with Gasteiger partial charge in [-0.05, 0) is 12.1 Å². The van der Waals surface area contributed by atoms with Crippen LogP contribution >= 0.6 is 11.3 Å². The smallest absolute Gasteiger partial charge is 0.337 e. The molecular weight excluding hydrogens is 322 g/mol. The molecule has 3 rings (SSSR count). The fraction of sp³-hybridized carbons (Fsp3) is 0.0714. The zero-order valence-corrected chi connectivity index (χ0v) is 12.3. The molecule has 8 nitrogen and oxygen atoms in total. The normalized spacial score (nSPS) is 10.8. The van der Waals surface area contributed by atoms with E-state index in [1.807, 2.05) is 0 Å². The van der Waals surface area contributed by atoms with Crippen molar-refractivity contribution >= 4 is 33.5 Å². The van der Waals surface area contributed by atoms with Crippen molar-refractivity contribution in [3.63, 3.8) is 0 Å². The van der Waals surface area contributed by atoms with Crippen LogP contribution in [0.3, 0.4) is 0 Å². The van der Waals surface area contributed by atoms with Gasteiger partial charge in [0.25, 0.3) is 5.56 Å². The molecule has 0 bridgehead atoms. The van der Waals surface area contributed by atoms with Crippen LogP contribution in [0.4, 0.5) is 0 Å². The summed E-state index contributed by atoms with van der Waals surface area (Å²) in [5.41, 5.74) is -0.410. The summed E-state index contributed by atoms with van der Waals surface area (Å²) in [7, 11) is 0. The molecule has 0 amide bonds. The third-order valence-corrected chi connectivity index (χ3v) is 4.01. The second kappa shape index (κ2) is 5.61. The van der Waals surface area contributed by atoms with Crippen LogP contribution in [-0.2, 0) is 11.3 Å². The first-order valence-corrected chi connectivity index (χ1v) is 7.24. The summed E-state index contributed by atoms with van der Waals surface area (Å²) in [5.74, 6) is -2.35. The van der Waals surface area contributed by atoms with Gasteiger partial charge in [0.15, 0.2) is 0 Å². The van der Waals surface area contributed by atoms with Crippen LogP contribution in [0, 0.1) is 0 Å². The first-order chi connectivity index (χ1) is 11.0. The molecule has 0 aromatic carbocycles. The van der Waals surface area contributed by atoms with E-state index < -0.39 is 24.0 Å². The number of rotatable bonds is 4. The number of nitrogens with zero attached hydrogens (tertiary/aromatic N) is 3. The Hall–Kier alpha value is -3.07. The van der Waals surface area contributed by atoms with Crippen molar-refractivity contribution in [1.82, 2.24) is 14.5 Å². The molecule has 116 valence electrons. The van der Waals surface area contributed by atoms with E-state index in [0.29, 0.717) is 5.56 Å². The van der Waals surface area contributed by atoms with Gasteiger partial charge >= 0.3 is 11.9 Å². The topological polar surface area (TPSA) is 122 Å². The number of carboxylic acid groups (broad SMARTS) is 2. The first kappa shape index (κ1) is 14.9. The van der Waals surface area contributed by atoms with Crippen molar-refractivity contribution in [2.75, 3.05) is 0 Å². The number of aliphatic carboxylic acids is 1. The fourth-order valence-corrected chi connectivity index (χ4v) is 3.08. The molecule has 0 saturated heterocycles. The second-order valence-corrected chi connectivity index (χ2v) is 5.45. The van der Waals surface area contributed by atoms with E-state index in [9.17, 15) is 14.4 Å². The lowest BCUT2D eigenvalue weighted by molar-refractivity contribution is -0.137. The molecule has 0 unspecified atom stereocenters. The number of fused-ring (bicyclic) bond motifs is 1. The first-order valence-electron chi connectivity index (χ1n) is 6.36. The predicted octanol–water partition coefficient (Wildman–Crippen LogP) is 1.30. The molecule has 0 aliphatic carbocycles. The van der Waals surface area contributed by atoms with Crippen LogP contribution in [0.15, 0.2) is 34.7 Å². The lowest BCUT2D eigenvalue weighted by Crippen LogP contribution is -2.27. The molecule has 0 fully saturated rings. The zero-order chi connectivity index (χ0) is 16.6. The Labute approximate surface area is 132 Å². The van der Waals surface area contributed by atoms with Gasteiger partial charge in [0, 0.05) is 23.3 Å². The zero-order valence-electron chi connectivity index (χ0n) is 11.5. The summed E-state index contributed by atoms with van der Waals surface area (Å²) in [6.45, 7) is -0.624. The molecular formula is C14H9N3O5S. The Bertz CT molecular complexity index is 977. The van der Waals surface area contributed by atoms with Crippen molar-refractivity contribution in [2.45, 2.75) is 6.54 Å². The van der Waals surface area contributed by atoms with Crippen LogP contribution in [-0.4, -0.2) is 36.7 Å². The van der Waals surface area contributed by atoms with Crippen LogP contribution < -0.4 is 5.56 Å². The molecule has 0 saturated carbocycles. The summed E-state index contributed by atoms with van der Waals surface area (Å²) < 4.78 is 0.945. The number of carbonyl (C=O) groups is 2. The molecule has 0 aliphatic heterocycles. The summed E-state index contributed by atoms with van der Waals surface area (Å²) in [6, 6.07) is 3.28. The maximum Gasteiger partial charge on any atom is 0.337 e. The molecule has 23 heavy (non-hydrogen) atoms. The van der Waals surface area contributed by atoms with E-state index in [0.717, 1.165) is 15.9 Å². The van der Waals surface area contributed by atoms with E-state index in [1.54, 1.807) is 12.1 Å². The summed E-state index contributed by atoms with van der Waals surface area (Å²) >= 11 is 1.02. The average molecular weight is 331 g/mol. The van der Waals surface area contributed by atoms with E-state index >= 15 is 0 Å². The van der Waals surface area contributed by atoms with Gasteiger partial charge in [-0.15, -0.1) is 11.3 Å². The van der Waals surface area contributed by atoms with Crippen molar-refractivity contribution < 1.29 is 19.8 Å². The van der Waals surface area contributed by atoms with Crippen LogP contribution in [0.1, 0.15) is 10.4 Å². The Morgan fingerprint density at radius 2 is 2.09 bits per heavy atom. The summed E-state index contributed by atoms with van der Waals surface area (Å²) in [6.07, 6.45) is 2.99. The molecule has 0 aliphatic rings. The monoisotopic (exact) mass is 331 g/mol. The molecule has 0 atom stereocenters. The summed E-state index contributed by atoms with van der Waals surface area (Å²) in [5, 5.41) is 19.4. The molecule has 3 aromatic rings. The lowest BCUT2D eigenvalue weighted by atomic mass is 10.2. The average Bonchev–Trinajstić information content (AvgIpc) is 2.95. The van der Waals surface area contributed by atoms with Gasteiger partial charge in [-0.2, -0.15) is 0 Å². The molecule has 3 aromatic heterocycles. The summed E-state index contributed by atoms with van der Waals surface area (Å²) in [4.78, 5) is 43.4. The third kappa shape index (κ3) is 2.57. The number of thiophene rings is 1. The van der Waals surface area contributed by atoms with E-state index in [4.69, 9.17) is 10.2 Å². The van der Waals surface area contributed by atoms with Crippen LogP contribution in [0.5, 0.6) is 0 Å². The van der Waals surface area contributed by atoms with E-state index in [1.165, 1.54) is 17.8 Å². The highest BCUT2D eigenvalue weighted by Crippen LogP contribution is 2.25. The minimum Gasteiger partial charge on any atom is -0.480 e. The van der Waals surface area contributed by atoms with Crippen molar-refractivity contribution in [1.29, 1.82) is 0 Å². The van der Waals surface area contributed by atoms with E-state index in [2.05, 4.69) is 9.97 Å². The maximum absolute atomic E-state index is 12.6. The SMILES string of the molecule is O=C(O)Cn1c(-c2cccnc2)nc2scc(C(=O)O)c2c1=O. The Balaban J connectivity index is 2.38. The molecule has 2 N–H and O–H groups in total. The fourth-order valence-electron chi connectivity index (χ4n) is 2.18. The molecule has 9 heteroatoms. The maximum atomic E-state index is 12.6. The number of aromatic nitrogens is 3. The lowest BCUT2D eigenvalue weighted by Gasteiger charge is -2.10. The van der Waals surface area contributed by atoms with Crippen molar-refractivity contribution in [3.05, 3.63) is 45.8 Å². The minimum absolute atomic E-state index is 0.0867. The number of pyridine rings is 1. The highest BCUT2D eigenvalue weighted by Gasteiger charge is 2.21. The molecule has 0 radical (unpaired) electrons. The molecule has 3 heterocycles. The van der Waals surface area contributed by atoms with Gasteiger partial charge in [0.1, 0.15) is 17.2 Å². The van der Waals surface area contributed by atoms with Gasteiger partial charge in [0.2, 0.25) is 0 Å². The Morgan fingerprint density at radius 1 is 1.30 bits per heavy atom. The predicted molar refractivity (Wildman–Crippen MR) is 81.7 cm³/mol. The van der Waals surface area contributed by atoms with E-state index in [-0.39, 0.29) is 21.6 Å². The van der Waals surface area contributed by atoms with Crippen molar-refractivity contribution in [3.8, 4) is 11.4 Å². The number of aromatic carboxylic acids is 1. The van der Waals surface area contributed by atoms with Crippen LogP contribution in [0.25, 0.3) is 21.6 Å². The second-order valence-electron chi connectivity index (χ2n) is 4.60. The van der Waals surface area contributed by atoms with Gasteiger partial charge in [-0.3, -0.25) is 19.1 Å². The van der Waals surface area contributed by atoms with Gasteiger partial charge < -0.3 is 10.2 Å². The number of hydrogen-bond acceptors (Lipinski definition) is 6. The van der Waals surface area contributed by atoms with Gasteiger partial charge in [-0.1, -0.05) is 0 Å². The van der Waals surface area contributed by atoms with Crippen LogP contribution in [0.2, 0.25) is 0 Å². The quantitative estimate of drug-likeness (QED) is 0.738. The largest absolute Gasteiger partial charge is 0.480 e. The Kier molecular flexibility index (Phi) is 3.62.